The van der Waals surface area contributed by atoms with Crippen LogP contribution in [0.2, 0.25) is 0 Å². The molecule has 0 unspecified atom stereocenters. The fourth-order valence-electron chi connectivity index (χ4n) is 2.71. The van der Waals surface area contributed by atoms with Gasteiger partial charge in [0.25, 0.3) is 0 Å². The molecule has 2 aromatic rings. The van der Waals surface area contributed by atoms with E-state index < -0.39 is 0 Å². The molecule has 2 aromatic heterocycles. The number of aromatic nitrogens is 1. The van der Waals surface area contributed by atoms with Crippen LogP contribution >= 0.6 is 11.3 Å². The molecule has 0 N–H and O–H groups in total. The van der Waals surface area contributed by atoms with Crippen molar-refractivity contribution in [3.63, 3.8) is 0 Å². The molecule has 0 radical (unpaired) electrons. The Balaban J connectivity index is 1.90. The predicted octanol–water partition coefficient (Wildman–Crippen LogP) is 3.13. The van der Waals surface area contributed by atoms with E-state index in [1.165, 1.54) is 37.7 Å². The first-order valence-electron chi connectivity index (χ1n) is 8.12. The van der Waals surface area contributed by atoms with Crippen LogP contribution in [-0.2, 0) is 22.5 Å². The average molecular weight is 347 g/mol. The minimum Gasteiger partial charge on any atom is -0.469 e. The fourth-order valence-corrected chi connectivity index (χ4v) is 3.56. The van der Waals surface area contributed by atoms with E-state index >= 15 is 0 Å². The first-order valence-corrected chi connectivity index (χ1v) is 9.00. The third-order valence-electron chi connectivity index (χ3n) is 4.03. The van der Waals surface area contributed by atoms with Crippen LogP contribution in [0, 0.1) is 0 Å². The lowest BCUT2D eigenvalue weighted by atomic mass is 9.99. The lowest BCUT2D eigenvalue weighted by Crippen LogP contribution is -2.20. The second-order valence-corrected chi connectivity index (χ2v) is 6.59. The number of rotatable bonds is 5. The Morgan fingerprint density at radius 2 is 2.17 bits per heavy atom. The van der Waals surface area contributed by atoms with Gasteiger partial charge in [-0.05, 0) is 37.8 Å². The van der Waals surface area contributed by atoms with Crippen LogP contribution in [0.1, 0.15) is 43.6 Å². The summed E-state index contributed by atoms with van der Waals surface area (Å²) in [7, 11) is 1.39. The van der Waals surface area contributed by atoms with Gasteiger partial charge in [-0.15, -0.1) is 16.4 Å². The van der Waals surface area contributed by atoms with Gasteiger partial charge in [0.05, 0.1) is 26.3 Å². The predicted molar refractivity (Wildman–Crippen MR) is 91.9 cm³/mol. The van der Waals surface area contributed by atoms with Crippen LogP contribution in [-0.4, -0.2) is 23.4 Å². The summed E-state index contributed by atoms with van der Waals surface area (Å²) in [6.45, 7) is 0.520. The summed E-state index contributed by atoms with van der Waals surface area (Å²) >= 11 is 1.48. The van der Waals surface area contributed by atoms with Gasteiger partial charge < -0.3 is 13.7 Å². The van der Waals surface area contributed by atoms with E-state index in [0.29, 0.717) is 6.54 Å². The fraction of sp³-hybridized carbons (Fsp3) is 0.471. The minimum absolute atomic E-state index is 0.208. The zero-order valence-electron chi connectivity index (χ0n) is 13.7. The highest BCUT2D eigenvalue weighted by atomic mass is 32.1. The van der Waals surface area contributed by atoms with Crippen molar-refractivity contribution >= 4 is 23.0 Å². The second-order valence-electron chi connectivity index (χ2n) is 5.75. The third-order valence-corrected chi connectivity index (χ3v) is 4.94. The molecule has 6 nitrogen and oxygen atoms in total. The zero-order valence-corrected chi connectivity index (χ0v) is 14.6. The van der Waals surface area contributed by atoms with E-state index in [-0.39, 0.29) is 12.4 Å². The van der Waals surface area contributed by atoms with Crippen molar-refractivity contribution in [3.05, 3.63) is 40.0 Å². The summed E-state index contributed by atoms with van der Waals surface area (Å²) in [6.07, 6.45) is 7.57. The molecule has 7 heteroatoms. The highest BCUT2D eigenvalue weighted by Crippen LogP contribution is 2.15. The average Bonchev–Trinajstić information content (AvgIpc) is 3.25. The number of carbonyl (C=O) groups excluding carboxylic acids is 1. The Morgan fingerprint density at radius 3 is 2.88 bits per heavy atom. The summed E-state index contributed by atoms with van der Waals surface area (Å²) in [6, 6.07) is 3.75. The Bertz CT molecular complexity index is 763. The number of esters is 1. The topological polar surface area (TPSA) is 69.1 Å². The monoisotopic (exact) mass is 347 g/mol. The molecule has 0 aliphatic heterocycles. The molecule has 1 aliphatic carbocycles. The molecule has 2 heterocycles. The SMILES string of the molecule is COC(=O)Cc1cs/c(=N/N=C2CCCCC2)n1Cc1ccco1. The molecule has 24 heavy (non-hydrogen) atoms. The van der Waals surface area contributed by atoms with Gasteiger partial charge >= 0.3 is 5.97 Å². The Labute approximate surface area is 144 Å². The van der Waals surface area contributed by atoms with Crippen molar-refractivity contribution in [1.82, 2.24) is 4.57 Å². The van der Waals surface area contributed by atoms with Gasteiger partial charge in [0, 0.05) is 16.8 Å². The molecule has 0 atom stereocenters. The van der Waals surface area contributed by atoms with Crippen LogP contribution in [0.3, 0.4) is 0 Å². The highest BCUT2D eigenvalue weighted by Gasteiger charge is 2.12. The zero-order chi connectivity index (χ0) is 16.8. The summed E-state index contributed by atoms with van der Waals surface area (Å²) in [4.78, 5) is 12.4. The molecule has 128 valence electrons. The number of carbonyl (C=O) groups is 1. The third kappa shape index (κ3) is 4.23. The van der Waals surface area contributed by atoms with Crippen LogP contribution in [0.4, 0.5) is 0 Å². The van der Waals surface area contributed by atoms with Crippen molar-refractivity contribution in [3.8, 4) is 0 Å². The first kappa shape index (κ1) is 16.7. The maximum absolute atomic E-state index is 11.6. The maximum atomic E-state index is 11.6. The molecule has 0 amide bonds. The molecular weight excluding hydrogens is 326 g/mol. The van der Waals surface area contributed by atoms with Crippen molar-refractivity contribution in [1.29, 1.82) is 0 Å². The molecule has 0 aromatic carbocycles. The van der Waals surface area contributed by atoms with Crippen molar-refractivity contribution in [2.75, 3.05) is 7.11 Å². The van der Waals surface area contributed by atoms with Gasteiger partial charge in [-0.1, -0.05) is 6.42 Å². The van der Waals surface area contributed by atoms with Gasteiger partial charge in [0.2, 0.25) is 4.80 Å². The minimum atomic E-state index is -0.272. The molecule has 0 bridgehead atoms. The largest absolute Gasteiger partial charge is 0.469 e. The van der Waals surface area contributed by atoms with Gasteiger partial charge in [-0.25, -0.2) is 0 Å². The Kier molecular flexibility index (Phi) is 5.63. The Morgan fingerprint density at radius 1 is 1.33 bits per heavy atom. The smallest absolute Gasteiger partial charge is 0.311 e. The van der Waals surface area contributed by atoms with E-state index in [0.717, 1.165) is 34.8 Å². The van der Waals surface area contributed by atoms with Crippen LogP contribution in [0.15, 0.2) is 38.4 Å². The van der Waals surface area contributed by atoms with Crippen LogP contribution < -0.4 is 4.80 Å². The van der Waals surface area contributed by atoms with Crippen molar-refractivity contribution in [2.45, 2.75) is 45.1 Å². The van der Waals surface area contributed by atoms with E-state index in [4.69, 9.17) is 9.15 Å². The summed E-state index contributed by atoms with van der Waals surface area (Å²) in [5, 5.41) is 10.8. The van der Waals surface area contributed by atoms with E-state index in [2.05, 4.69) is 10.2 Å². The van der Waals surface area contributed by atoms with E-state index in [1.54, 1.807) is 6.26 Å². The molecule has 1 fully saturated rings. The van der Waals surface area contributed by atoms with Crippen LogP contribution in [0.25, 0.3) is 0 Å². The number of nitrogens with zero attached hydrogens (tertiary/aromatic N) is 3. The van der Waals surface area contributed by atoms with Crippen molar-refractivity contribution < 1.29 is 13.9 Å². The second kappa shape index (κ2) is 8.10. The standard InChI is InChI=1S/C17H21N3O3S/c1-22-16(21)10-14-12-24-17(19-18-13-6-3-2-4-7-13)20(14)11-15-8-5-9-23-15/h5,8-9,12H,2-4,6-7,10-11H2,1H3/b19-17+. The van der Waals surface area contributed by atoms with E-state index in [1.807, 2.05) is 22.1 Å². The highest BCUT2D eigenvalue weighted by molar-refractivity contribution is 7.07. The number of thiazole rings is 1. The molecule has 3 rings (SSSR count). The lowest BCUT2D eigenvalue weighted by molar-refractivity contribution is -0.139. The maximum Gasteiger partial charge on any atom is 0.311 e. The molecular formula is C17H21N3O3S. The number of hydrogen-bond donors (Lipinski definition) is 0. The lowest BCUT2D eigenvalue weighted by Gasteiger charge is -2.10. The number of hydrogen-bond acceptors (Lipinski definition) is 6. The molecule has 1 aliphatic rings. The quantitative estimate of drug-likeness (QED) is 0.616. The van der Waals surface area contributed by atoms with Gasteiger partial charge in [0.1, 0.15) is 5.76 Å². The van der Waals surface area contributed by atoms with Gasteiger partial charge in [-0.3, -0.25) is 4.79 Å². The normalized spacial score (nSPS) is 15.5. The molecule has 1 saturated carbocycles. The Hall–Kier alpha value is -2.15. The van der Waals surface area contributed by atoms with Crippen molar-refractivity contribution in [2.24, 2.45) is 10.2 Å². The molecule has 0 saturated heterocycles. The van der Waals surface area contributed by atoms with Crippen LogP contribution in [0.5, 0.6) is 0 Å². The number of methoxy groups -OCH3 is 1. The first-order chi connectivity index (χ1) is 11.8. The number of ether oxygens (including phenoxy) is 1. The molecule has 0 spiro atoms. The summed E-state index contributed by atoms with van der Waals surface area (Å²) < 4.78 is 12.2. The summed E-state index contributed by atoms with van der Waals surface area (Å²) in [5.41, 5.74) is 2.01. The van der Waals surface area contributed by atoms with Gasteiger partial charge in [-0.2, -0.15) is 5.10 Å². The summed E-state index contributed by atoms with van der Waals surface area (Å²) in [5.74, 6) is 0.539. The van der Waals surface area contributed by atoms with Gasteiger partial charge in [0.15, 0.2) is 0 Å². The number of furan rings is 1. The van der Waals surface area contributed by atoms with E-state index in [9.17, 15) is 4.79 Å².